The molecule has 0 spiro atoms. The second kappa shape index (κ2) is 9.02. The largest absolute Gasteiger partial charge is 0.490 e. The third-order valence-corrected chi connectivity index (χ3v) is 4.99. The molecule has 10 heteroatoms. The van der Waals surface area contributed by atoms with E-state index in [0.717, 1.165) is 11.3 Å². The number of ether oxygens (including phenoxy) is 2. The molecule has 1 amide bonds. The minimum absolute atomic E-state index is 0.0424. The van der Waals surface area contributed by atoms with E-state index in [2.05, 4.69) is 10.1 Å². The van der Waals surface area contributed by atoms with Crippen LogP contribution < -0.4 is 15.2 Å². The minimum atomic E-state index is -0.609. The molecule has 0 radical (unpaired) electrons. The van der Waals surface area contributed by atoms with E-state index in [1.54, 1.807) is 13.8 Å². The van der Waals surface area contributed by atoms with Crippen molar-refractivity contribution in [2.75, 3.05) is 6.61 Å². The van der Waals surface area contributed by atoms with Gasteiger partial charge in [0.25, 0.3) is 5.91 Å². The number of esters is 1. The van der Waals surface area contributed by atoms with Crippen molar-refractivity contribution in [2.24, 2.45) is 5.73 Å². The molecule has 0 aliphatic rings. The van der Waals surface area contributed by atoms with E-state index in [9.17, 15) is 9.59 Å². The summed E-state index contributed by atoms with van der Waals surface area (Å²) in [6.07, 6.45) is 1.75. The summed E-state index contributed by atoms with van der Waals surface area (Å²) in [5.41, 5.74) is 8.48. The molecule has 3 aromatic rings. The van der Waals surface area contributed by atoms with Crippen LogP contribution in [0.1, 0.15) is 46.2 Å². The van der Waals surface area contributed by atoms with Crippen LogP contribution in [0.25, 0.3) is 5.65 Å². The van der Waals surface area contributed by atoms with Gasteiger partial charge in [0, 0.05) is 17.5 Å². The minimum Gasteiger partial charge on any atom is -0.490 e. The number of nitriles is 1. The van der Waals surface area contributed by atoms with Crippen LogP contribution in [0.5, 0.6) is 11.5 Å². The molecule has 31 heavy (non-hydrogen) atoms. The topological polar surface area (TPSA) is 133 Å². The summed E-state index contributed by atoms with van der Waals surface area (Å²) in [5.74, 6) is -0.828. The number of amides is 1. The standard InChI is InChI=1S/C21H20ClN5O4/c1-4-30-17-8-13(9-23)7-16(22)19(17)31-18(28)6-5-14-11(2)26-21-15(20(24)29)10-25-27(21)12(14)3/h7-8,10H,4-6H2,1-3H3,(H2,24,29). The number of aryl methyl sites for hydroxylation is 2. The predicted molar refractivity (Wildman–Crippen MR) is 112 cm³/mol. The fourth-order valence-corrected chi connectivity index (χ4v) is 3.48. The van der Waals surface area contributed by atoms with Gasteiger partial charge in [-0.1, -0.05) is 11.6 Å². The highest BCUT2D eigenvalue weighted by molar-refractivity contribution is 6.32. The molecular weight excluding hydrogens is 422 g/mol. The molecule has 0 bridgehead atoms. The van der Waals surface area contributed by atoms with E-state index in [-0.39, 0.29) is 28.5 Å². The second-order valence-corrected chi connectivity index (χ2v) is 7.13. The van der Waals surface area contributed by atoms with E-state index < -0.39 is 11.9 Å². The van der Waals surface area contributed by atoms with Crippen LogP contribution in [-0.2, 0) is 11.2 Å². The number of benzene rings is 1. The molecule has 0 saturated carbocycles. The molecule has 3 rings (SSSR count). The molecule has 0 atom stereocenters. The Labute approximate surface area is 183 Å². The lowest BCUT2D eigenvalue weighted by Crippen LogP contribution is -2.14. The highest BCUT2D eigenvalue weighted by atomic mass is 35.5. The normalized spacial score (nSPS) is 10.7. The highest BCUT2D eigenvalue weighted by Gasteiger charge is 2.19. The molecule has 0 saturated heterocycles. The first kappa shape index (κ1) is 22.1. The van der Waals surface area contributed by atoms with Gasteiger partial charge in [-0.25, -0.2) is 9.50 Å². The lowest BCUT2D eigenvalue weighted by Gasteiger charge is -2.14. The summed E-state index contributed by atoms with van der Waals surface area (Å²) in [6.45, 7) is 5.70. The molecule has 0 fully saturated rings. The Morgan fingerprint density at radius 3 is 2.71 bits per heavy atom. The number of primary amides is 1. The summed E-state index contributed by atoms with van der Waals surface area (Å²) in [5, 5.41) is 13.4. The van der Waals surface area contributed by atoms with Crippen molar-refractivity contribution >= 4 is 29.1 Å². The Morgan fingerprint density at radius 1 is 1.32 bits per heavy atom. The zero-order valence-electron chi connectivity index (χ0n) is 17.2. The molecule has 2 heterocycles. The molecule has 0 aliphatic heterocycles. The number of aromatic nitrogens is 3. The van der Waals surface area contributed by atoms with Gasteiger partial charge < -0.3 is 15.2 Å². The number of hydrogen-bond acceptors (Lipinski definition) is 7. The Morgan fingerprint density at radius 2 is 2.06 bits per heavy atom. The SMILES string of the molecule is CCOc1cc(C#N)cc(Cl)c1OC(=O)CCc1c(C)nc2c(C(N)=O)cnn2c1C. The van der Waals surface area contributed by atoms with E-state index in [1.807, 2.05) is 13.0 Å². The third-order valence-electron chi connectivity index (χ3n) is 4.71. The smallest absolute Gasteiger partial charge is 0.311 e. The van der Waals surface area contributed by atoms with Crippen molar-refractivity contribution in [1.29, 1.82) is 5.26 Å². The summed E-state index contributed by atoms with van der Waals surface area (Å²) in [6, 6.07) is 4.86. The highest BCUT2D eigenvalue weighted by Crippen LogP contribution is 2.37. The molecule has 0 aliphatic carbocycles. The summed E-state index contributed by atoms with van der Waals surface area (Å²) >= 11 is 6.19. The predicted octanol–water partition coefficient (Wildman–Crippen LogP) is 2.91. The van der Waals surface area contributed by atoms with E-state index >= 15 is 0 Å². The number of halogens is 1. The Kier molecular flexibility index (Phi) is 6.42. The van der Waals surface area contributed by atoms with Gasteiger partial charge in [0.15, 0.2) is 17.1 Å². The fourth-order valence-electron chi connectivity index (χ4n) is 3.23. The van der Waals surface area contributed by atoms with Gasteiger partial charge >= 0.3 is 5.97 Å². The molecule has 1 aromatic carbocycles. The molecule has 9 nitrogen and oxygen atoms in total. The Balaban J connectivity index is 1.81. The number of nitrogens with zero attached hydrogens (tertiary/aromatic N) is 4. The van der Waals surface area contributed by atoms with E-state index in [4.69, 9.17) is 32.1 Å². The maximum Gasteiger partial charge on any atom is 0.311 e. The zero-order chi connectivity index (χ0) is 22.7. The second-order valence-electron chi connectivity index (χ2n) is 6.72. The first-order valence-electron chi connectivity index (χ1n) is 9.47. The molecule has 0 unspecified atom stereocenters. The molecule has 2 aromatic heterocycles. The zero-order valence-corrected chi connectivity index (χ0v) is 18.0. The number of nitrogens with two attached hydrogens (primary N) is 1. The Bertz CT molecular complexity index is 1230. The summed E-state index contributed by atoms with van der Waals surface area (Å²) in [4.78, 5) is 28.5. The maximum atomic E-state index is 12.5. The van der Waals surface area contributed by atoms with Crippen LogP contribution in [0.15, 0.2) is 18.3 Å². The fraction of sp³-hybridized carbons (Fsp3) is 0.286. The van der Waals surface area contributed by atoms with E-state index in [0.29, 0.717) is 29.9 Å². The van der Waals surface area contributed by atoms with E-state index in [1.165, 1.54) is 22.8 Å². The van der Waals surface area contributed by atoms with Crippen molar-refractivity contribution in [1.82, 2.24) is 14.6 Å². The van der Waals surface area contributed by atoms with Crippen LogP contribution in [0.2, 0.25) is 5.02 Å². The van der Waals surface area contributed by atoms with Crippen LogP contribution in [0.4, 0.5) is 0 Å². The Hall–Kier alpha value is -3.64. The van der Waals surface area contributed by atoms with Crippen molar-refractivity contribution in [2.45, 2.75) is 33.6 Å². The number of rotatable bonds is 7. The van der Waals surface area contributed by atoms with Crippen molar-refractivity contribution in [3.05, 3.63) is 51.4 Å². The van der Waals surface area contributed by atoms with Gasteiger partial charge in [-0.05, 0) is 38.8 Å². The monoisotopic (exact) mass is 441 g/mol. The van der Waals surface area contributed by atoms with Crippen LogP contribution in [-0.4, -0.2) is 33.1 Å². The average molecular weight is 442 g/mol. The third kappa shape index (κ3) is 4.44. The lowest BCUT2D eigenvalue weighted by atomic mass is 10.1. The molecular formula is C21H20ClN5O4. The van der Waals surface area contributed by atoms with Gasteiger partial charge in [-0.3, -0.25) is 9.59 Å². The van der Waals surface area contributed by atoms with Crippen molar-refractivity contribution < 1.29 is 19.1 Å². The summed E-state index contributed by atoms with van der Waals surface area (Å²) < 4.78 is 12.4. The van der Waals surface area contributed by atoms with Crippen LogP contribution in [0, 0.1) is 25.2 Å². The lowest BCUT2D eigenvalue weighted by molar-refractivity contribution is -0.134. The van der Waals surface area contributed by atoms with Gasteiger partial charge in [-0.15, -0.1) is 0 Å². The molecule has 160 valence electrons. The van der Waals surface area contributed by atoms with Gasteiger partial charge in [0.2, 0.25) is 0 Å². The average Bonchev–Trinajstić information content (AvgIpc) is 3.14. The number of hydrogen-bond donors (Lipinski definition) is 1. The van der Waals surface area contributed by atoms with Gasteiger partial charge in [-0.2, -0.15) is 10.4 Å². The molecule has 2 N–H and O–H groups in total. The van der Waals surface area contributed by atoms with Gasteiger partial charge in [0.1, 0.15) is 5.56 Å². The van der Waals surface area contributed by atoms with Crippen molar-refractivity contribution in [3.63, 3.8) is 0 Å². The van der Waals surface area contributed by atoms with Crippen molar-refractivity contribution in [3.8, 4) is 17.6 Å². The quantitative estimate of drug-likeness (QED) is 0.440. The van der Waals surface area contributed by atoms with Crippen LogP contribution in [0.3, 0.4) is 0 Å². The number of carbonyl (C=O) groups is 2. The van der Waals surface area contributed by atoms with Gasteiger partial charge in [0.05, 0.1) is 35.9 Å². The summed E-state index contributed by atoms with van der Waals surface area (Å²) in [7, 11) is 0. The first-order chi connectivity index (χ1) is 14.8. The van der Waals surface area contributed by atoms with Crippen LogP contribution >= 0.6 is 11.6 Å². The first-order valence-corrected chi connectivity index (χ1v) is 9.85. The maximum absolute atomic E-state index is 12.5. The number of carbonyl (C=O) groups excluding carboxylic acids is 2. The number of fused-ring (bicyclic) bond motifs is 1.